The van der Waals surface area contributed by atoms with Gasteiger partial charge in [0, 0.05) is 5.56 Å². The summed E-state index contributed by atoms with van der Waals surface area (Å²) in [5.41, 5.74) is 1.95. The van der Waals surface area contributed by atoms with E-state index in [4.69, 9.17) is 9.47 Å². The van der Waals surface area contributed by atoms with Crippen molar-refractivity contribution in [1.82, 2.24) is 4.90 Å². The van der Waals surface area contributed by atoms with E-state index in [1.165, 1.54) is 10.5 Å². The highest BCUT2D eigenvalue weighted by Gasteiger charge is 2.26. The van der Waals surface area contributed by atoms with Gasteiger partial charge >= 0.3 is 0 Å². The van der Waals surface area contributed by atoms with E-state index in [2.05, 4.69) is 16.8 Å². The maximum Gasteiger partial charge on any atom is 0.258 e. The first-order chi connectivity index (χ1) is 11.7. The highest BCUT2D eigenvalue weighted by Crippen LogP contribution is 2.25. The van der Waals surface area contributed by atoms with Gasteiger partial charge in [-0.15, -0.1) is 0 Å². The molecular formula is C18H23N2O3S+. The first kappa shape index (κ1) is 16.8. The molecule has 0 unspecified atom stereocenters. The van der Waals surface area contributed by atoms with Crippen LogP contribution in [0.5, 0.6) is 11.5 Å². The van der Waals surface area contributed by atoms with Crippen LogP contribution in [0.2, 0.25) is 0 Å². The van der Waals surface area contributed by atoms with E-state index in [0.717, 1.165) is 32.7 Å². The quantitative estimate of drug-likeness (QED) is 0.887. The third kappa shape index (κ3) is 3.71. The summed E-state index contributed by atoms with van der Waals surface area (Å²) in [5.74, 6) is 1.27. The fourth-order valence-electron chi connectivity index (χ4n) is 3.04. The molecule has 128 valence electrons. The number of carbonyl (C=O) groups is 1. The molecule has 1 aliphatic rings. The monoisotopic (exact) mass is 347 g/mol. The molecule has 1 aliphatic heterocycles. The zero-order valence-corrected chi connectivity index (χ0v) is 14.9. The molecule has 0 radical (unpaired) electrons. The van der Waals surface area contributed by atoms with Gasteiger partial charge in [0.05, 0.1) is 46.0 Å². The number of benzene rings is 1. The van der Waals surface area contributed by atoms with Gasteiger partial charge in [0.25, 0.3) is 5.91 Å². The predicted molar refractivity (Wildman–Crippen MR) is 94.2 cm³/mol. The van der Waals surface area contributed by atoms with Crippen LogP contribution < -0.4 is 14.4 Å². The van der Waals surface area contributed by atoms with E-state index in [0.29, 0.717) is 17.1 Å². The van der Waals surface area contributed by atoms with Crippen molar-refractivity contribution in [1.29, 1.82) is 0 Å². The number of nitrogens with one attached hydrogen (secondary N) is 1. The zero-order chi connectivity index (χ0) is 16.9. The molecule has 6 heteroatoms. The lowest BCUT2D eigenvalue weighted by Gasteiger charge is -2.32. The standard InChI is InChI=1S/C18H22N2O3S/c1-22-15-3-4-17(23-2)16(11-15)18(21)20-8-6-19(7-9-20)12-14-5-10-24-13-14/h3-5,10-11,13H,6-9,12H2,1-2H3/p+1. The first-order valence-electron chi connectivity index (χ1n) is 8.07. The number of amides is 1. The minimum absolute atomic E-state index is 0.0142. The van der Waals surface area contributed by atoms with Crippen LogP contribution in [0, 0.1) is 0 Å². The second-order valence-corrected chi connectivity index (χ2v) is 6.70. The van der Waals surface area contributed by atoms with E-state index >= 15 is 0 Å². The molecule has 1 fully saturated rings. The topological polar surface area (TPSA) is 43.2 Å². The molecule has 2 heterocycles. The van der Waals surface area contributed by atoms with Crippen molar-refractivity contribution in [2.24, 2.45) is 0 Å². The molecule has 3 rings (SSSR count). The number of ether oxygens (including phenoxy) is 2. The summed E-state index contributed by atoms with van der Waals surface area (Å²) >= 11 is 1.73. The van der Waals surface area contributed by atoms with Crippen LogP contribution in [-0.2, 0) is 6.54 Å². The van der Waals surface area contributed by atoms with Gasteiger partial charge in [0.2, 0.25) is 0 Å². The lowest BCUT2D eigenvalue weighted by Crippen LogP contribution is -3.13. The Bertz CT molecular complexity index is 680. The van der Waals surface area contributed by atoms with Crippen LogP contribution in [0.15, 0.2) is 35.0 Å². The number of nitrogens with zero attached hydrogens (tertiary/aromatic N) is 1. The van der Waals surface area contributed by atoms with Gasteiger partial charge in [0.1, 0.15) is 18.0 Å². The smallest absolute Gasteiger partial charge is 0.258 e. The Balaban J connectivity index is 1.64. The minimum atomic E-state index is 0.0142. The lowest BCUT2D eigenvalue weighted by atomic mass is 10.1. The average Bonchev–Trinajstić information content (AvgIpc) is 3.14. The summed E-state index contributed by atoms with van der Waals surface area (Å²) < 4.78 is 10.6. The molecule has 1 saturated heterocycles. The average molecular weight is 347 g/mol. The summed E-state index contributed by atoms with van der Waals surface area (Å²) in [6.45, 7) is 4.49. The Labute approximate surface area is 146 Å². The van der Waals surface area contributed by atoms with Gasteiger partial charge in [-0.25, -0.2) is 0 Å². The van der Waals surface area contributed by atoms with E-state index in [-0.39, 0.29) is 5.91 Å². The Morgan fingerprint density at radius 3 is 2.62 bits per heavy atom. The molecule has 24 heavy (non-hydrogen) atoms. The van der Waals surface area contributed by atoms with Crippen LogP contribution in [0.1, 0.15) is 15.9 Å². The summed E-state index contributed by atoms with van der Waals surface area (Å²) in [7, 11) is 3.18. The van der Waals surface area contributed by atoms with Crippen molar-refractivity contribution in [2.75, 3.05) is 40.4 Å². The van der Waals surface area contributed by atoms with Gasteiger partial charge in [-0.2, -0.15) is 11.3 Å². The van der Waals surface area contributed by atoms with Gasteiger partial charge in [-0.1, -0.05) is 0 Å². The number of hydrogen-bond donors (Lipinski definition) is 1. The fourth-order valence-corrected chi connectivity index (χ4v) is 3.70. The number of carbonyl (C=O) groups excluding carboxylic acids is 1. The minimum Gasteiger partial charge on any atom is -0.497 e. The molecule has 0 bridgehead atoms. The van der Waals surface area contributed by atoms with Crippen molar-refractivity contribution >= 4 is 17.2 Å². The third-order valence-corrected chi connectivity index (χ3v) is 5.16. The Morgan fingerprint density at radius 2 is 2.00 bits per heavy atom. The molecule has 0 spiro atoms. The van der Waals surface area contributed by atoms with Gasteiger partial charge < -0.3 is 19.3 Å². The number of methoxy groups -OCH3 is 2. The summed E-state index contributed by atoms with van der Waals surface area (Å²) in [6.07, 6.45) is 0. The maximum absolute atomic E-state index is 12.9. The Hall–Kier alpha value is -2.05. The molecule has 5 nitrogen and oxygen atoms in total. The molecule has 0 saturated carbocycles. The molecule has 0 atom stereocenters. The molecule has 1 amide bonds. The molecular weight excluding hydrogens is 324 g/mol. The largest absolute Gasteiger partial charge is 0.497 e. The molecule has 2 aromatic rings. The molecule has 1 aromatic carbocycles. The molecule has 1 N–H and O–H groups in total. The number of piperazine rings is 1. The van der Waals surface area contributed by atoms with Gasteiger partial charge in [-0.3, -0.25) is 4.79 Å². The van der Waals surface area contributed by atoms with E-state index < -0.39 is 0 Å². The van der Waals surface area contributed by atoms with Gasteiger partial charge in [0.15, 0.2) is 0 Å². The first-order valence-corrected chi connectivity index (χ1v) is 9.01. The summed E-state index contributed by atoms with van der Waals surface area (Å²) in [6, 6.07) is 7.52. The van der Waals surface area contributed by atoms with E-state index in [1.54, 1.807) is 43.8 Å². The van der Waals surface area contributed by atoms with E-state index in [1.807, 2.05) is 4.90 Å². The summed E-state index contributed by atoms with van der Waals surface area (Å²) in [5, 5.41) is 4.31. The molecule has 0 aliphatic carbocycles. The number of thiophene rings is 1. The molecule has 1 aromatic heterocycles. The Kier molecular flexibility index (Phi) is 5.37. The van der Waals surface area contributed by atoms with Crippen LogP contribution in [-0.4, -0.2) is 51.2 Å². The predicted octanol–water partition coefficient (Wildman–Crippen LogP) is 1.31. The zero-order valence-electron chi connectivity index (χ0n) is 14.1. The van der Waals surface area contributed by atoms with Crippen molar-refractivity contribution in [3.63, 3.8) is 0 Å². The van der Waals surface area contributed by atoms with E-state index in [9.17, 15) is 4.79 Å². The third-order valence-electron chi connectivity index (χ3n) is 4.43. The van der Waals surface area contributed by atoms with Crippen molar-refractivity contribution in [3.8, 4) is 11.5 Å². The van der Waals surface area contributed by atoms with Crippen molar-refractivity contribution in [2.45, 2.75) is 6.54 Å². The highest BCUT2D eigenvalue weighted by atomic mass is 32.1. The second kappa shape index (κ2) is 7.68. The van der Waals surface area contributed by atoms with Crippen LogP contribution >= 0.6 is 11.3 Å². The van der Waals surface area contributed by atoms with Gasteiger partial charge in [-0.05, 0) is 35.0 Å². The number of hydrogen-bond acceptors (Lipinski definition) is 4. The van der Waals surface area contributed by atoms with Crippen molar-refractivity contribution < 1.29 is 19.2 Å². The van der Waals surface area contributed by atoms with Crippen molar-refractivity contribution in [3.05, 3.63) is 46.2 Å². The Morgan fingerprint density at radius 1 is 1.21 bits per heavy atom. The van der Waals surface area contributed by atoms with Crippen LogP contribution in [0.25, 0.3) is 0 Å². The second-order valence-electron chi connectivity index (χ2n) is 5.92. The summed E-state index contributed by atoms with van der Waals surface area (Å²) in [4.78, 5) is 16.3. The SMILES string of the molecule is COc1ccc(OC)c(C(=O)N2CC[NH+](Cc3ccsc3)CC2)c1. The lowest BCUT2D eigenvalue weighted by molar-refractivity contribution is -0.917. The fraction of sp³-hybridized carbons (Fsp3) is 0.389. The number of rotatable bonds is 5. The maximum atomic E-state index is 12.9. The normalized spacial score (nSPS) is 15.3. The van der Waals surface area contributed by atoms with Crippen LogP contribution in [0.4, 0.5) is 0 Å². The highest BCUT2D eigenvalue weighted by molar-refractivity contribution is 7.07. The number of quaternary nitrogens is 1. The van der Waals surface area contributed by atoms with Crippen LogP contribution in [0.3, 0.4) is 0 Å².